The maximum Gasteiger partial charge on any atom is 0.270 e. The Labute approximate surface area is 146 Å². The molecule has 1 aliphatic heterocycles. The zero-order valence-corrected chi connectivity index (χ0v) is 14.3. The number of hydrogen-bond donors (Lipinski definition) is 1. The summed E-state index contributed by atoms with van der Waals surface area (Å²) in [6.45, 7) is 2.05. The molecule has 1 N–H and O–H groups in total. The van der Waals surface area contributed by atoms with E-state index in [9.17, 15) is 14.0 Å². The fourth-order valence-electron chi connectivity index (χ4n) is 3.08. The van der Waals surface area contributed by atoms with Crippen molar-refractivity contribution in [1.82, 2.24) is 14.8 Å². The molecule has 0 aliphatic carbocycles. The lowest BCUT2D eigenvalue weighted by Gasteiger charge is -2.16. The van der Waals surface area contributed by atoms with Crippen molar-refractivity contribution in [2.24, 2.45) is 0 Å². The number of aromatic amines is 1. The van der Waals surface area contributed by atoms with Gasteiger partial charge in [0.15, 0.2) is 5.78 Å². The van der Waals surface area contributed by atoms with Gasteiger partial charge in [0.05, 0.1) is 6.54 Å². The van der Waals surface area contributed by atoms with E-state index in [4.69, 9.17) is 0 Å². The number of benzene rings is 1. The van der Waals surface area contributed by atoms with Gasteiger partial charge in [-0.1, -0.05) is 18.2 Å². The van der Waals surface area contributed by atoms with Gasteiger partial charge >= 0.3 is 0 Å². The van der Waals surface area contributed by atoms with Gasteiger partial charge in [0.25, 0.3) is 5.91 Å². The van der Waals surface area contributed by atoms with Crippen LogP contribution in [0, 0.1) is 5.82 Å². The molecular formula is C19H22FN3O2. The molecule has 0 atom stereocenters. The molecule has 1 aromatic heterocycles. The summed E-state index contributed by atoms with van der Waals surface area (Å²) in [4.78, 5) is 31.2. The number of carbonyl (C=O) groups is 2. The quantitative estimate of drug-likeness (QED) is 0.821. The van der Waals surface area contributed by atoms with E-state index in [1.54, 1.807) is 47.3 Å². The first kappa shape index (κ1) is 17.4. The zero-order valence-electron chi connectivity index (χ0n) is 14.3. The zero-order chi connectivity index (χ0) is 17.8. The van der Waals surface area contributed by atoms with Gasteiger partial charge in [-0.3, -0.25) is 14.5 Å². The van der Waals surface area contributed by atoms with E-state index in [0.717, 1.165) is 25.9 Å². The van der Waals surface area contributed by atoms with Crippen molar-refractivity contribution < 1.29 is 14.0 Å². The molecule has 1 saturated heterocycles. The number of halogens is 1. The minimum atomic E-state index is -0.276. The summed E-state index contributed by atoms with van der Waals surface area (Å²) in [5.41, 5.74) is 1.47. The molecule has 3 rings (SSSR count). The third-order valence-electron chi connectivity index (χ3n) is 4.44. The van der Waals surface area contributed by atoms with Gasteiger partial charge in [-0.15, -0.1) is 0 Å². The fourth-order valence-corrected chi connectivity index (χ4v) is 3.08. The Hall–Kier alpha value is -2.47. The van der Waals surface area contributed by atoms with Gasteiger partial charge in [0.2, 0.25) is 0 Å². The molecule has 6 heteroatoms. The van der Waals surface area contributed by atoms with E-state index in [0.29, 0.717) is 23.4 Å². The second-order valence-corrected chi connectivity index (χ2v) is 6.49. The molecule has 2 aromatic rings. The smallest absolute Gasteiger partial charge is 0.270 e. The largest absolute Gasteiger partial charge is 0.356 e. The minimum Gasteiger partial charge on any atom is -0.356 e. The number of Topliss-reactive ketones (excluding diaryl/α,β-unsaturated/α-hetero) is 1. The topological polar surface area (TPSA) is 56.4 Å². The molecule has 132 valence electrons. The van der Waals surface area contributed by atoms with Crippen molar-refractivity contribution in [2.45, 2.75) is 19.4 Å². The van der Waals surface area contributed by atoms with Crippen molar-refractivity contribution >= 4 is 11.7 Å². The van der Waals surface area contributed by atoms with E-state index < -0.39 is 0 Å². The van der Waals surface area contributed by atoms with Crippen LogP contribution in [-0.4, -0.2) is 53.2 Å². The summed E-state index contributed by atoms with van der Waals surface area (Å²) >= 11 is 0. The van der Waals surface area contributed by atoms with Gasteiger partial charge in [0.1, 0.15) is 11.5 Å². The molecule has 5 nitrogen and oxygen atoms in total. The van der Waals surface area contributed by atoms with E-state index in [-0.39, 0.29) is 24.1 Å². The summed E-state index contributed by atoms with van der Waals surface area (Å²) in [6, 6.07) is 8.14. The number of amides is 1. The van der Waals surface area contributed by atoms with Gasteiger partial charge < -0.3 is 9.88 Å². The van der Waals surface area contributed by atoms with E-state index in [1.165, 1.54) is 6.07 Å². The van der Waals surface area contributed by atoms with Crippen molar-refractivity contribution in [1.29, 1.82) is 0 Å². The first-order valence-corrected chi connectivity index (χ1v) is 8.47. The summed E-state index contributed by atoms with van der Waals surface area (Å²) in [5, 5.41) is 0. The molecule has 0 radical (unpaired) electrons. The van der Waals surface area contributed by atoms with Crippen LogP contribution >= 0.6 is 0 Å². The van der Waals surface area contributed by atoms with Gasteiger partial charge in [-0.2, -0.15) is 0 Å². The number of ketones is 1. The molecule has 0 saturated carbocycles. The molecular weight excluding hydrogens is 321 g/mol. The third kappa shape index (κ3) is 4.14. The standard InChI is InChI=1S/C19H22FN3O2/c1-22(12-14-6-2-3-7-16(14)20)13-18(24)15-10-17(21-11-15)19(25)23-8-4-5-9-23/h2-3,6-7,10-11,21H,4-5,8-9,12-13H2,1H3. The number of hydrogen-bond acceptors (Lipinski definition) is 3. The molecule has 1 amide bonds. The lowest BCUT2D eigenvalue weighted by Crippen LogP contribution is -2.28. The highest BCUT2D eigenvalue weighted by molar-refractivity contribution is 6.01. The van der Waals surface area contributed by atoms with Gasteiger partial charge in [0, 0.05) is 37.0 Å². The maximum absolute atomic E-state index is 13.7. The first-order valence-electron chi connectivity index (χ1n) is 8.47. The molecule has 2 heterocycles. The predicted octanol–water partition coefficient (Wildman–Crippen LogP) is 2.70. The molecule has 1 aliphatic rings. The number of H-pyrrole nitrogens is 1. The number of rotatable bonds is 6. The lowest BCUT2D eigenvalue weighted by atomic mass is 10.1. The van der Waals surface area contributed by atoms with Crippen LogP contribution in [0.3, 0.4) is 0 Å². The van der Waals surface area contributed by atoms with E-state index >= 15 is 0 Å². The summed E-state index contributed by atoms with van der Waals surface area (Å²) in [5.74, 6) is -0.436. The van der Waals surface area contributed by atoms with Crippen molar-refractivity contribution in [3.05, 3.63) is 59.2 Å². The second-order valence-electron chi connectivity index (χ2n) is 6.49. The van der Waals surface area contributed by atoms with Gasteiger partial charge in [-0.05, 0) is 32.0 Å². The SMILES string of the molecule is CN(CC(=O)c1c[nH]c(C(=O)N2CCCC2)c1)Cc1ccccc1F. The molecule has 1 fully saturated rings. The maximum atomic E-state index is 13.7. The minimum absolute atomic E-state index is 0.0590. The number of likely N-dealkylation sites (tertiary alicyclic amines) is 1. The van der Waals surface area contributed by atoms with Crippen molar-refractivity contribution in [3.63, 3.8) is 0 Å². The lowest BCUT2D eigenvalue weighted by molar-refractivity contribution is 0.0787. The Kier molecular flexibility index (Phi) is 5.28. The van der Waals surface area contributed by atoms with Gasteiger partial charge in [-0.25, -0.2) is 4.39 Å². The Balaban J connectivity index is 1.59. The predicted molar refractivity (Wildman–Crippen MR) is 93.0 cm³/mol. The average Bonchev–Trinajstić information content (AvgIpc) is 3.28. The Morgan fingerprint density at radius 3 is 2.68 bits per heavy atom. The number of nitrogens with zero attached hydrogens (tertiary/aromatic N) is 2. The highest BCUT2D eigenvalue weighted by Gasteiger charge is 2.22. The average molecular weight is 343 g/mol. The van der Waals surface area contributed by atoms with Crippen LogP contribution in [0.2, 0.25) is 0 Å². The van der Waals surface area contributed by atoms with E-state index in [1.807, 2.05) is 0 Å². The van der Waals surface area contributed by atoms with Crippen LogP contribution in [0.15, 0.2) is 36.5 Å². The molecule has 0 spiro atoms. The summed E-state index contributed by atoms with van der Waals surface area (Å²) < 4.78 is 13.7. The third-order valence-corrected chi connectivity index (χ3v) is 4.44. The number of likely N-dealkylation sites (N-methyl/N-ethyl adjacent to an activating group) is 1. The fraction of sp³-hybridized carbons (Fsp3) is 0.368. The number of aromatic nitrogens is 1. The molecule has 25 heavy (non-hydrogen) atoms. The first-order chi connectivity index (χ1) is 12.0. The number of nitrogens with one attached hydrogen (secondary N) is 1. The monoisotopic (exact) mass is 343 g/mol. The van der Waals surface area contributed by atoms with Crippen LogP contribution < -0.4 is 0 Å². The highest BCUT2D eigenvalue weighted by atomic mass is 19.1. The van der Waals surface area contributed by atoms with Crippen LogP contribution in [0.5, 0.6) is 0 Å². The van der Waals surface area contributed by atoms with Crippen LogP contribution in [0.25, 0.3) is 0 Å². The van der Waals surface area contributed by atoms with Crippen LogP contribution in [-0.2, 0) is 6.54 Å². The molecule has 1 aromatic carbocycles. The normalized spacial score (nSPS) is 14.3. The molecule has 0 unspecified atom stereocenters. The van der Waals surface area contributed by atoms with Crippen molar-refractivity contribution in [2.75, 3.05) is 26.7 Å². The van der Waals surface area contributed by atoms with Crippen LogP contribution in [0.1, 0.15) is 39.3 Å². The Bertz CT molecular complexity index is 766. The Morgan fingerprint density at radius 1 is 1.24 bits per heavy atom. The summed E-state index contributed by atoms with van der Waals surface area (Å²) in [7, 11) is 1.77. The second kappa shape index (κ2) is 7.61. The summed E-state index contributed by atoms with van der Waals surface area (Å²) in [6.07, 6.45) is 3.63. The van der Waals surface area contributed by atoms with E-state index in [2.05, 4.69) is 4.98 Å². The number of carbonyl (C=O) groups excluding carboxylic acids is 2. The highest BCUT2D eigenvalue weighted by Crippen LogP contribution is 2.14. The Morgan fingerprint density at radius 2 is 1.96 bits per heavy atom. The molecule has 0 bridgehead atoms. The van der Waals surface area contributed by atoms with Crippen LogP contribution in [0.4, 0.5) is 4.39 Å². The van der Waals surface area contributed by atoms with Crippen molar-refractivity contribution in [3.8, 4) is 0 Å².